The molecule has 5 rings (SSSR count). The highest BCUT2D eigenvalue weighted by molar-refractivity contribution is 5.60. The molecular weight excluding hydrogens is 458 g/mol. The van der Waals surface area contributed by atoms with Gasteiger partial charge in [-0.25, -0.2) is 0 Å². The third-order valence-electron chi connectivity index (χ3n) is 7.42. The van der Waals surface area contributed by atoms with Gasteiger partial charge in [0.15, 0.2) is 11.2 Å². The topological polar surface area (TPSA) is 108 Å². The monoisotopic (exact) mass is 487 g/mol. The first-order chi connectivity index (χ1) is 17.3. The number of aliphatic hydroxyl groups excluding tert-OH is 1. The predicted octanol–water partition coefficient (Wildman–Crippen LogP) is 2.78. The summed E-state index contributed by atoms with van der Waals surface area (Å²) in [5.74, 6) is -0.160. The van der Waals surface area contributed by atoms with Gasteiger partial charge in [0, 0.05) is 24.4 Å². The maximum atomic E-state index is 12.8. The molecule has 0 radical (unpaired) electrons. The Balaban J connectivity index is 1.86. The molecule has 2 heterocycles. The molecule has 2 aromatic carbocycles. The normalized spacial score (nSPS) is 28.2. The first kappa shape index (κ1) is 24.1. The quantitative estimate of drug-likeness (QED) is 0.547. The first-order valence-corrected chi connectivity index (χ1v) is 11.7. The number of ether oxygens (including phenoxy) is 3. The summed E-state index contributed by atoms with van der Waals surface area (Å²) < 4.78 is 17.8. The van der Waals surface area contributed by atoms with Crippen molar-refractivity contribution in [3.63, 3.8) is 0 Å². The second-order valence-electron chi connectivity index (χ2n) is 9.60. The molecule has 0 saturated heterocycles. The predicted molar refractivity (Wildman–Crippen MR) is 132 cm³/mol. The van der Waals surface area contributed by atoms with Crippen LogP contribution in [-0.2, 0) is 11.2 Å². The molecule has 2 N–H and O–H groups in total. The number of rotatable bonds is 6. The van der Waals surface area contributed by atoms with Gasteiger partial charge in [-0.1, -0.05) is 42.5 Å². The van der Waals surface area contributed by atoms with Gasteiger partial charge in [0.25, 0.3) is 0 Å². The minimum atomic E-state index is -1.91. The van der Waals surface area contributed by atoms with Crippen molar-refractivity contribution in [2.45, 2.75) is 23.2 Å². The Kier molecular flexibility index (Phi) is 5.87. The number of pyridine rings is 1. The second-order valence-corrected chi connectivity index (χ2v) is 9.60. The number of fused-ring (bicyclic) bond motifs is 3. The average molecular weight is 488 g/mol. The van der Waals surface area contributed by atoms with Gasteiger partial charge in [-0.3, -0.25) is 0 Å². The fourth-order valence-corrected chi connectivity index (χ4v) is 6.08. The fraction of sp³-hybridized carbons (Fsp3) is 0.357. The van der Waals surface area contributed by atoms with E-state index < -0.39 is 29.1 Å². The molecule has 2 aliphatic rings. The summed E-state index contributed by atoms with van der Waals surface area (Å²) in [5.41, 5.74) is -1.04. The van der Waals surface area contributed by atoms with E-state index in [0.29, 0.717) is 23.4 Å². The van der Waals surface area contributed by atoms with Crippen LogP contribution in [0, 0.1) is 17.2 Å². The minimum absolute atomic E-state index is 0.124. The van der Waals surface area contributed by atoms with Crippen molar-refractivity contribution < 1.29 is 24.4 Å². The summed E-state index contributed by atoms with van der Waals surface area (Å²) in [6, 6.07) is 20.5. The Labute approximate surface area is 210 Å². The molecule has 8 heteroatoms. The lowest BCUT2D eigenvalue weighted by Gasteiger charge is -2.41. The number of hydrogen-bond donors (Lipinski definition) is 2. The highest BCUT2D eigenvalue weighted by atomic mass is 16.5. The molecule has 0 amide bonds. The molecule has 1 aliphatic heterocycles. The van der Waals surface area contributed by atoms with Gasteiger partial charge >= 0.3 is 0 Å². The van der Waals surface area contributed by atoms with E-state index in [1.807, 2.05) is 49.3 Å². The van der Waals surface area contributed by atoms with E-state index in [4.69, 9.17) is 14.2 Å². The van der Waals surface area contributed by atoms with Crippen LogP contribution in [0.1, 0.15) is 28.2 Å². The Morgan fingerprint density at radius 2 is 1.78 bits per heavy atom. The molecule has 1 saturated carbocycles. The molecular formula is C28H29N3O5. The summed E-state index contributed by atoms with van der Waals surface area (Å²) in [4.78, 5) is 6.40. The number of benzene rings is 2. The van der Waals surface area contributed by atoms with Crippen molar-refractivity contribution in [1.82, 2.24) is 9.88 Å². The zero-order valence-corrected chi connectivity index (χ0v) is 20.7. The summed E-state index contributed by atoms with van der Waals surface area (Å²) in [6.45, 7) is 0.492. The number of nitrogens with zero attached hydrogens (tertiary/aromatic N) is 3. The van der Waals surface area contributed by atoms with Crippen LogP contribution in [0.15, 0.2) is 60.7 Å². The maximum Gasteiger partial charge on any atom is 0.226 e. The maximum absolute atomic E-state index is 12.8. The molecule has 1 aromatic heterocycles. The molecule has 3 aromatic rings. The van der Waals surface area contributed by atoms with Crippen molar-refractivity contribution in [3.05, 3.63) is 82.9 Å². The van der Waals surface area contributed by atoms with Crippen LogP contribution in [0.5, 0.6) is 17.5 Å². The van der Waals surface area contributed by atoms with Gasteiger partial charge in [-0.15, -0.1) is 0 Å². The average Bonchev–Trinajstić information content (AvgIpc) is 3.26. The van der Waals surface area contributed by atoms with Gasteiger partial charge in [0.2, 0.25) is 11.8 Å². The molecule has 1 aliphatic carbocycles. The van der Waals surface area contributed by atoms with Crippen LogP contribution in [0.25, 0.3) is 0 Å². The smallest absolute Gasteiger partial charge is 0.226 e. The third kappa shape index (κ3) is 3.21. The molecule has 186 valence electrons. The molecule has 36 heavy (non-hydrogen) atoms. The second kappa shape index (κ2) is 8.79. The summed E-state index contributed by atoms with van der Waals surface area (Å²) >= 11 is 0. The SMILES string of the molecule is COc1cc2c(c(OC)n1)[C@]1(O)C(O)C(CN(C)C)C(c3ccccc3)[C@]1(c1ccc(C#N)cc1)O2. The molecule has 8 nitrogen and oxygen atoms in total. The molecule has 0 spiro atoms. The van der Waals surface area contributed by atoms with Gasteiger partial charge in [-0.05, 0) is 37.4 Å². The van der Waals surface area contributed by atoms with E-state index in [9.17, 15) is 15.5 Å². The standard InChI is InChI=1S/C28H29N3O5/c1-31(2)16-20-23(18-8-6-5-7-9-18)28(19-12-10-17(15-29)11-13-19)27(33,25(20)32)24-21(36-28)14-22(34-3)30-26(24)35-4/h5-14,20,23,25,32-33H,16H2,1-4H3/t20?,23?,25?,27-,28-/m0/s1. The van der Waals surface area contributed by atoms with E-state index in [-0.39, 0.29) is 17.3 Å². The van der Waals surface area contributed by atoms with Crippen LogP contribution < -0.4 is 14.2 Å². The van der Waals surface area contributed by atoms with Crippen molar-refractivity contribution >= 4 is 0 Å². The van der Waals surface area contributed by atoms with Crippen molar-refractivity contribution in [1.29, 1.82) is 5.26 Å². The molecule has 1 fully saturated rings. The molecule has 0 bridgehead atoms. The lowest BCUT2D eigenvalue weighted by Crippen LogP contribution is -2.52. The van der Waals surface area contributed by atoms with E-state index in [2.05, 4.69) is 11.1 Å². The molecule has 3 unspecified atom stereocenters. The van der Waals surface area contributed by atoms with Crippen molar-refractivity contribution in [3.8, 4) is 23.6 Å². The Bertz CT molecular complexity index is 1310. The number of aromatic nitrogens is 1. The van der Waals surface area contributed by atoms with Crippen molar-refractivity contribution in [2.75, 3.05) is 34.9 Å². The minimum Gasteiger partial charge on any atom is -0.481 e. The van der Waals surface area contributed by atoms with Gasteiger partial charge in [0.1, 0.15) is 5.75 Å². The Hall–Kier alpha value is -3.64. The Morgan fingerprint density at radius 3 is 2.36 bits per heavy atom. The van der Waals surface area contributed by atoms with E-state index >= 15 is 0 Å². The van der Waals surface area contributed by atoms with E-state index in [0.717, 1.165) is 5.56 Å². The third-order valence-corrected chi connectivity index (χ3v) is 7.42. The van der Waals surface area contributed by atoms with Gasteiger partial charge < -0.3 is 29.3 Å². The van der Waals surface area contributed by atoms with E-state index in [1.54, 1.807) is 30.3 Å². The van der Waals surface area contributed by atoms with Crippen LogP contribution in [0.4, 0.5) is 0 Å². The highest BCUT2D eigenvalue weighted by Crippen LogP contribution is 2.69. The largest absolute Gasteiger partial charge is 0.481 e. The zero-order chi connectivity index (χ0) is 25.7. The fourth-order valence-electron chi connectivity index (χ4n) is 6.08. The summed E-state index contributed by atoms with van der Waals surface area (Å²) in [6.07, 6.45) is -1.23. The number of methoxy groups -OCH3 is 2. The number of nitriles is 1. The lowest BCUT2D eigenvalue weighted by molar-refractivity contribution is -0.152. The van der Waals surface area contributed by atoms with Crippen LogP contribution >= 0.6 is 0 Å². The lowest BCUT2D eigenvalue weighted by atomic mass is 9.70. The molecule has 5 atom stereocenters. The first-order valence-electron chi connectivity index (χ1n) is 11.7. The van der Waals surface area contributed by atoms with Crippen LogP contribution in [0.2, 0.25) is 0 Å². The highest BCUT2D eigenvalue weighted by Gasteiger charge is 2.77. The zero-order valence-electron chi connectivity index (χ0n) is 20.7. The summed E-state index contributed by atoms with van der Waals surface area (Å²) in [5, 5.41) is 34.1. The van der Waals surface area contributed by atoms with Gasteiger partial charge in [-0.2, -0.15) is 10.2 Å². The van der Waals surface area contributed by atoms with Crippen LogP contribution in [0.3, 0.4) is 0 Å². The number of aliphatic hydroxyl groups is 2. The van der Waals surface area contributed by atoms with Crippen LogP contribution in [-0.4, -0.2) is 61.1 Å². The number of hydrogen-bond acceptors (Lipinski definition) is 8. The van der Waals surface area contributed by atoms with Gasteiger partial charge in [0.05, 0.1) is 37.5 Å². The Morgan fingerprint density at radius 1 is 1.08 bits per heavy atom. The summed E-state index contributed by atoms with van der Waals surface area (Å²) in [7, 11) is 6.82. The van der Waals surface area contributed by atoms with Crippen molar-refractivity contribution in [2.24, 2.45) is 5.92 Å². The van der Waals surface area contributed by atoms with E-state index in [1.165, 1.54) is 14.2 Å².